The van der Waals surface area contributed by atoms with Gasteiger partial charge in [0.1, 0.15) is 11.5 Å². The lowest BCUT2D eigenvalue weighted by molar-refractivity contribution is -0.625. The van der Waals surface area contributed by atoms with Gasteiger partial charge in [0.05, 0.1) is 5.38 Å². The van der Waals surface area contributed by atoms with Crippen LogP contribution in [0.15, 0.2) is 11.6 Å². The molecular formula is C6H10NS+. The molecule has 1 heterocycles. The molecule has 0 saturated carbocycles. The molecule has 2 heteroatoms. The fourth-order valence-corrected chi connectivity index (χ4v) is 1.34. The third-order valence-electron chi connectivity index (χ3n) is 1.03. The molecule has 8 heavy (non-hydrogen) atoms. The molecular weight excluding hydrogens is 118 g/mol. The molecule has 0 radical (unpaired) electrons. The van der Waals surface area contributed by atoms with Crippen LogP contribution in [-0.4, -0.2) is 0 Å². The zero-order valence-corrected chi connectivity index (χ0v) is 6.03. The second-order valence-corrected chi connectivity index (χ2v) is 2.75. The van der Waals surface area contributed by atoms with E-state index in [-0.39, 0.29) is 0 Å². The second-order valence-electron chi connectivity index (χ2n) is 1.83. The number of aryl methyl sites for hydroxylation is 2. The van der Waals surface area contributed by atoms with Crippen molar-refractivity contribution >= 4 is 11.5 Å². The highest BCUT2D eigenvalue weighted by molar-refractivity contribution is 6.99. The van der Waals surface area contributed by atoms with Crippen molar-refractivity contribution in [1.82, 2.24) is 0 Å². The zero-order chi connectivity index (χ0) is 5.98. The molecule has 1 rings (SSSR count). The van der Waals surface area contributed by atoms with Gasteiger partial charge in [-0.1, -0.05) is 0 Å². The quantitative estimate of drug-likeness (QED) is 0.503. The first-order chi connectivity index (χ1) is 3.83. The Balaban J connectivity index is 2.84. The normalized spacial score (nSPS) is 9.75. The maximum Gasteiger partial charge on any atom is 0.186 e. The van der Waals surface area contributed by atoms with Crippen LogP contribution in [0.5, 0.6) is 0 Å². The van der Waals surface area contributed by atoms with E-state index in [9.17, 15) is 0 Å². The summed E-state index contributed by atoms with van der Waals surface area (Å²) in [6.45, 7) is 5.36. The van der Waals surface area contributed by atoms with Crippen LogP contribution < -0.4 is 3.96 Å². The summed E-state index contributed by atoms with van der Waals surface area (Å²) in [4.78, 5) is 0. The van der Waals surface area contributed by atoms with Crippen LogP contribution in [0, 0.1) is 6.92 Å². The Bertz CT molecular complexity index is 169. The fraction of sp³-hybridized carbons (Fsp3) is 0.500. The van der Waals surface area contributed by atoms with Crippen LogP contribution >= 0.6 is 11.5 Å². The Morgan fingerprint density at radius 3 is 2.75 bits per heavy atom. The summed E-state index contributed by atoms with van der Waals surface area (Å²) >= 11 is 1.77. The van der Waals surface area contributed by atoms with Crippen molar-refractivity contribution in [3.05, 3.63) is 17.1 Å². The lowest BCUT2D eigenvalue weighted by Crippen LogP contribution is -2.24. The minimum Gasteiger partial charge on any atom is -0.141 e. The molecule has 1 aromatic rings. The summed E-state index contributed by atoms with van der Waals surface area (Å²) < 4.78 is 2.20. The molecule has 1 aromatic heterocycles. The van der Waals surface area contributed by atoms with Gasteiger partial charge >= 0.3 is 0 Å². The number of rotatable bonds is 1. The maximum atomic E-state index is 2.20. The molecule has 0 atom stereocenters. The smallest absolute Gasteiger partial charge is 0.141 e. The summed E-state index contributed by atoms with van der Waals surface area (Å²) in [7, 11) is 0. The molecule has 1 nitrogen and oxygen atoms in total. The molecule has 0 amide bonds. The Hall–Kier alpha value is -0.370. The highest BCUT2D eigenvalue weighted by Gasteiger charge is 1.97. The third-order valence-corrected chi connectivity index (χ3v) is 2.14. The van der Waals surface area contributed by atoms with Crippen molar-refractivity contribution in [2.24, 2.45) is 0 Å². The monoisotopic (exact) mass is 128 g/mol. The summed E-state index contributed by atoms with van der Waals surface area (Å²) in [5, 5.41) is 2.16. The summed E-state index contributed by atoms with van der Waals surface area (Å²) in [5.74, 6) is 0. The first kappa shape index (κ1) is 5.76. The van der Waals surface area contributed by atoms with Crippen molar-refractivity contribution in [1.29, 1.82) is 0 Å². The lowest BCUT2D eigenvalue weighted by Gasteiger charge is -1.74. The van der Waals surface area contributed by atoms with Gasteiger partial charge in [-0.3, -0.25) is 0 Å². The molecule has 0 aromatic carbocycles. The molecule has 0 aliphatic heterocycles. The molecule has 0 fully saturated rings. The van der Waals surface area contributed by atoms with E-state index < -0.39 is 0 Å². The van der Waals surface area contributed by atoms with Crippen molar-refractivity contribution in [2.45, 2.75) is 20.4 Å². The lowest BCUT2D eigenvalue weighted by atomic mass is 10.4. The molecule has 0 N–H and O–H groups in total. The molecule has 44 valence electrons. The fourth-order valence-electron chi connectivity index (χ4n) is 0.605. The average Bonchev–Trinajstić information content (AvgIpc) is 2.14. The molecule has 0 bridgehead atoms. The molecule has 0 spiro atoms. The molecule has 0 saturated heterocycles. The highest BCUT2D eigenvalue weighted by Crippen LogP contribution is 1.95. The predicted octanol–water partition coefficient (Wildman–Crippen LogP) is 1.36. The van der Waals surface area contributed by atoms with Crippen LogP contribution in [0.1, 0.15) is 12.5 Å². The van der Waals surface area contributed by atoms with Crippen LogP contribution in [0.25, 0.3) is 0 Å². The van der Waals surface area contributed by atoms with Gasteiger partial charge < -0.3 is 0 Å². The van der Waals surface area contributed by atoms with Gasteiger partial charge in [-0.15, -0.1) is 3.96 Å². The van der Waals surface area contributed by atoms with E-state index >= 15 is 0 Å². The topological polar surface area (TPSA) is 3.88 Å². The minimum absolute atomic E-state index is 1.10. The summed E-state index contributed by atoms with van der Waals surface area (Å²) in [6, 6.07) is 0. The van der Waals surface area contributed by atoms with Gasteiger partial charge in [-0.25, -0.2) is 0 Å². The SMILES string of the molecule is CC[n+]1cc(C)cs1. The molecule has 0 unspecified atom stereocenters. The molecule has 0 aliphatic carbocycles. The van der Waals surface area contributed by atoms with Crippen LogP contribution in [0.2, 0.25) is 0 Å². The van der Waals surface area contributed by atoms with Gasteiger partial charge in [0.15, 0.2) is 12.7 Å². The van der Waals surface area contributed by atoms with Gasteiger partial charge in [0.25, 0.3) is 0 Å². The Morgan fingerprint density at radius 1 is 1.75 bits per heavy atom. The van der Waals surface area contributed by atoms with Crippen molar-refractivity contribution < 1.29 is 3.96 Å². The first-order valence-corrected chi connectivity index (χ1v) is 3.61. The largest absolute Gasteiger partial charge is 0.186 e. The van der Waals surface area contributed by atoms with Gasteiger partial charge in [-0.2, -0.15) is 0 Å². The zero-order valence-electron chi connectivity index (χ0n) is 5.22. The number of hydrogen-bond acceptors (Lipinski definition) is 1. The minimum atomic E-state index is 1.10. The van der Waals surface area contributed by atoms with Crippen LogP contribution in [0.3, 0.4) is 0 Å². The average molecular weight is 128 g/mol. The highest BCUT2D eigenvalue weighted by atomic mass is 32.1. The van der Waals surface area contributed by atoms with E-state index in [1.54, 1.807) is 11.5 Å². The van der Waals surface area contributed by atoms with E-state index in [0.29, 0.717) is 0 Å². The maximum absolute atomic E-state index is 2.20. The van der Waals surface area contributed by atoms with Gasteiger partial charge in [0, 0.05) is 5.56 Å². The number of aromatic nitrogens is 1. The van der Waals surface area contributed by atoms with E-state index in [4.69, 9.17) is 0 Å². The summed E-state index contributed by atoms with van der Waals surface area (Å²) in [5.41, 5.74) is 1.36. The second kappa shape index (κ2) is 2.27. The Kier molecular flexibility index (Phi) is 1.63. The van der Waals surface area contributed by atoms with E-state index in [1.807, 2.05) is 0 Å². The van der Waals surface area contributed by atoms with Gasteiger partial charge in [-0.05, 0) is 13.8 Å². The van der Waals surface area contributed by atoms with Crippen LogP contribution in [0.4, 0.5) is 0 Å². The predicted molar refractivity (Wildman–Crippen MR) is 34.9 cm³/mol. The first-order valence-electron chi connectivity index (χ1n) is 2.78. The Morgan fingerprint density at radius 2 is 2.50 bits per heavy atom. The molecule has 0 aliphatic rings. The van der Waals surface area contributed by atoms with Crippen molar-refractivity contribution in [2.75, 3.05) is 0 Å². The standard InChI is InChI=1S/C6H10NS/c1-3-7-4-6(2)5-8-7/h4-5H,3H2,1-2H3/q+1. The number of nitrogens with zero attached hydrogens (tertiary/aromatic N) is 1. The Labute approximate surface area is 53.7 Å². The van der Waals surface area contributed by atoms with Gasteiger partial charge in [0.2, 0.25) is 0 Å². The third kappa shape index (κ3) is 1.07. The van der Waals surface area contributed by atoms with Crippen molar-refractivity contribution in [3.63, 3.8) is 0 Å². The number of hydrogen-bond donors (Lipinski definition) is 0. The van der Waals surface area contributed by atoms with E-state index in [1.165, 1.54) is 5.56 Å². The summed E-state index contributed by atoms with van der Waals surface area (Å²) in [6.07, 6.45) is 2.16. The van der Waals surface area contributed by atoms with E-state index in [0.717, 1.165) is 6.54 Å². The van der Waals surface area contributed by atoms with Crippen LogP contribution in [-0.2, 0) is 6.54 Å². The van der Waals surface area contributed by atoms with Crippen molar-refractivity contribution in [3.8, 4) is 0 Å². The van der Waals surface area contributed by atoms with E-state index in [2.05, 4.69) is 29.4 Å².